The van der Waals surface area contributed by atoms with Crippen LogP contribution in [0.5, 0.6) is 0 Å². The molecule has 0 aromatic heterocycles. The van der Waals surface area contributed by atoms with Crippen molar-refractivity contribution in [3.05, 3.63) is 122 Å². The van der Waals surface area contributed by atoms with E-state index in [0.717, 1.165) is 109 Å². The maximum absolute atomic E-state index is 12.3. The highest BCUT2D eigenvalue weighted by Gasteiger charge is 2.16. The number of unbranched alkanes of at least 4 members (excludes halogenated alkanes) is 18. The molecule has 0 saturated carbocycles. The minimum absolute atomic E-state index is 0.0792. The van der Waals surface area contributed by atoms with Crippen molar-refractivity contribution >= 4 is 11.9 Å². The number of esters is 2. The topological polar surface area (TPSA) is 72.8 Å². The van der Waals surface area contributed by atoms with Crippen LogP contribution in [0.4, 0.5) is 0 Å². The number of rotatable bonds is 46. The molecule has 64 heavy (non-hydrogen) atoms. The van der Waals surface area contributed by atoms with Crippen LogP contribution < -0.4 is 0 Å². The molecule has 0 spiro atoms. The van der Waals surface area contributed by atoms with Crippen LogP contribution in [0, 0.1) is 0 Å². The average molecular weight is 885 g/mol. The number of carbonyl (C=O) groups excluding carboxylic acids is 2. The molecular weight excluding hydrogens is 789 g/mol. The summed E-state index contributed by atoms with van der Waals surface area (Å²) in [5, 5.41) is 9.60. The third-order valence-electron chi connectivity index (χ3n) is 10.7. The second kappa shape index (κ2) is 53.6. The molecule has 0 heterocycles. The predicted octanol–water partition coefficient (Wildman–Crippen LogP) is 17.5. The first-order valence-corrected chi connectivity index (χ1v) is 26.1. The lowest BCUT2D eigenvalue weighted by atomic mass is 10.0. The Morgan fingerprint density at radius 1 is 0.375 bits per heavy atom. The monoisotopic (exact) mass is 885 g/mol. The minimum atomic E-state index is -0.785. The van der Waals surface area contributed by atoms with Crippen molar-refractivity contribution in [2.75, 3.05) is 13.2 Å². The van der Waals surface area contributed by atoms with Crippen molar-refractivity contribution in [1.82, 2.24) is 0 Å². The van der Waals surface area contributed by atoms with Gasteiger partial charge >= 0.3 is 11.9 Å². The van der Waals surface area contributed by atoms with Crippen molar-refractivity contribution < 1.29 is 24.2 Å². The summed E-state index contributed by atoms with van der Waals surface area (Å²) in [6.45, 7) is 3.94. The number of hydrogen-bond acceptors (Lipinski definition) is 5. The fraction of sp³-hybridized carbons (Fsp3) is 0.627. The highest BCUT2D eigenvalue weighted by atomic mass is 16.6. The normalized spacial score (nSPS) is 13.2. The number of aliphatic hydroxyl groups excluding tert-OH is 1. The van der Waals surface area contributed by atoms with Gasteiger partial charge in [-0.1, -0.05) is 225 Å². The molecule has 0 radical (unpaired) electrons. The molecule has 5 nitrogen and oxygen atoms in total. The first-order chi connectivity index (χ1) is 31.6. The molecule has 0 aliphatic carbocycles. The molecule has 0 aliphatic heterocycles. The molecule has 362 valence electrons. The third kappa shape index (κ3) is 50.9. The molecule has 0 aromatic rings. The van der Waals surface area contributed by atoms with Crippen molar-refractivity contribution in [2.45, 2.75) is 225 Å². The summed E-state index contributed by atoms with van der Waals surface area (Å²) in [7, 11) is 0. The maximum atomic E-state index is 12.3. The molecule has 0 rings (SSSR count). The fourth-order valence-corrected chi connectivity index (χ4v) is 6.84. The fourth-order valence-electron chi connectivity index (χ4n) is 6.84. The Kier molecular flexibility index (Phi) is 50.5. The number of aliphatic hydroxyl groups is 1. The maximum Gasteiger partial charge on any atom is 0.306 e. The van der Waals surface area contributed by atoms with Gasteiger partial charge in [0.15, 0.2) is 6.10 Å². The molecule has 0 bridgehead atoms. The number of ether oxygens (including phenoxy) is 2. The first kappa shape index (κ1) is 60.3. The first-order valence-electron chi connectivity index (χ1n) is 26.1. The zero-order valence-corrected chi connectivity index (χ0v) is 41.2. The van der Waals surface area contributed by atoms with Crippen LogP contribution in [-0.2, 0) is 19.1 Å². The molecule has 5 heteroatoms. The van der Waals surface area contributed by atoms with Crippen molar-refractivity contribution in [1.29, 1.82) is 0 Å². The lowest BCUT2D eigenvalue weighted by Gasteiger charge is -2.15. The van der Waals surface area contributed by atoms with Gasteiger partial charge in [-0.25, -0.2) is 0 Å². The number of carbonyl (C=O) groups is 2. The average Bonchev–Trinajstić information content (AvgIpc) is 3.30. The quantitative estimate of drug-likeness (QED) is 0.0375. The van der Waals surface area contributed by atoms with E-state index in [4.69, 9.17) is 9.47 Å². The van der Waals surface area contributed by atoms with E-state index in [1.807, 2.05) is 0 Å². The van der Waals surface area contributed by atoms with Gasteiger partial charge in [-0.2, -0.15) is 0 Å². The summed E-state index contributed by atoms with van der Waals surface area (Å²) in [6.07, 6.45) is 78.7. The second-order valence-corrected chi connectivity index (χ2v) is 16.9. The summed E-state index contributed by atoms with van der Waals surface area (Å²) in [5.74, 6) is -0.616. The van der Waals surface area contributed by atoms with Gasteiger partial charge in [0.2, 0.25) is 0 Å². The Morgan fingerprint density at radius 2 is 0.672 bits per heavy atom. The predicted molar refractivity (Wildman–Crippen MR) is 278 cm³/mol. The summed E-state index contributed by atoms with van der Waals surface area (Å²) in [5.41, 5.74) is 0. The van der Waals surface area contributed by atoms with Gasteiger partial charge in [-0.3, -0.25) is 9.59 Å². The van der Waals surface area contributed by atoms with E-state index in [1.54, 1.807) is 0 Å². The third-order valence-corrected chi connectivity index (χ3v) is 10.7. The van der Waals surface area contributed by atoms with Crippen LogP contribution in [0.1, 0.15) is 219 Å². The van der Waals surface area contributed by atoms with Crippen LogP contribution in [0.3, 0.4) is 0 Å². The highest BCUT2D eigenvalue weighted by Crippen LogP contribution is 2.14. The molecule has 1 unspecified atom stereocenters. The minimum Gasteiger partial charge on any atom is -0.462 e. The highest BCUT2D eigenvalue weighted by molar-refractivity contribution is 5.70. The Balaban J connectivity index is 3.55. The van der Waals surface area contributed by atoms with Crippen LogP contribution in [-0.4, -0.2) is 36.4 Å². The molecule has 0 aromatic carbocycles. The molecule has 1 N–H and O–H groups in total. The van der Waals surface area contributed by atoms with Gasteiger partial charge in [0.25, 0.3) is 0 Å². The zero-order chi connectivity index (χ0) is 46.3. The number of hydrogen-bond donors (Lipinski definition) is 1. The summed E-state index contributed by atoms with van der Waals surface area (Å²) < 4.78 is 10.6. The number of allylic oxidation sites excluding steroid dienone is 20. The van der Waals surface area contributed by atoms with E-state index in [0.29, 0.717) is 12.8 Å². The molecule has 0 amide bonds. The van der Waals surface area contributed by atoms with Crippen molar-refractivity contribution in [3.8, 4) is 0 Å². The lowest BCUT2D eigenvalue weighted by molar-refractivity contribution is -0.161. The molecule has 0 saturated heterocycles. The van der Waals surface area contributed by atoms with Gasteiger partial charge in [0, 0.05) is 12.8 Å². The van der Waals surface area contributed by atoms with Crippen LogP contribution in [0.2, 0.25) is 0 Å². The second-order valence-electron chi connectivity index (χ2n) is 16.9. The van der Waals surface area contributed by atoms with Gasteiger partial charge in [0.1, 0.15) is 6.61 Å². The Morgan fingerprint density at radius 3 is 1.02 bits per heavy atom. The SMILES string of the molecule is CC/C=C\C/C=C\C/C=C\C/C=C\C/C=C\C/C=C\C/C=C\C/C=C\CCCCCCCCCCCCCCC(=O)OC(CO)COC(=O)CCCCCCC/C=C\C/C=C\CCC. The molecule has 0 fully saturated rings. The Bertz CT molecular complexity index is 1320. The Hall–Kier alpha value is -3.70. The standard InChI is InChI=1S/C59H96O5/c1-3-5-7-9-11-13-15-17-18-19-20-21-22-23-24-25-26-27-28-29-30-31-32-33-34-35-36-37-38-39-40-42-44-46-48-50-52-54-59(62)64-57(55-60)56-63-58(61)53-51-49-47-45-43-41-16-14-12-10-8-6-4-2/h5,7-8,10-11,13-14,16-18,20-21,23-24,26-27,29-30,32-33,57,60H,3-4,6,9,12,15,19,22,25,28,31,34-56H2,1-2H3/b7-5-,10-8-,13-11-,16-14-,18-17-,21-20-,24-23-,27-26-,30-29-,33-32-. The van der Waals surface area contributed by atoms with Gasteiger partial charge < -0.3 is 14.6 Å². The van der Waals surface area contributed by atoms with Gasteiger partial charge in [-0.05, 0) is 103 Å². The van der Waals surface area contributed by atoms with Crippen LogP contribution in [0.25, 0.3) is 0 Å². The molecular formula is C59H96O5. The van der Waals surface area contributed by atoms with Gasteiger partial charge in [-0.15, -0.1) is 0 Å². The lowest BCUT2D eigenvalue weighted by Crippen LogP contribution is -2.28. The van der Waals surface area contributed by atoms with Crippen molar-refractivity contribution in [3.63, 3.8) is 0 Å². The van der Waals surface area contributed by atoms with E-state index in [1.165, 1.54) is 83.5 Å². The molecule has 1 atom stereocenters. The van der Waals surface area contributed by atoms with E-state index >= 15 is 0 Å². The summed E-state index contributed by atoms with van der Waals surface area (Å²) in [4.78, 5) is 24.4. The van der Waals surface area contributed by atoms with Crippen LogP contribution >= 0.6 is 0 Å². The van der Waals surface area contributed by atoms with E-state index in [9.17, 15) is 14.7 Å². The Labute approximate surface area is 394 Å². The largest absolute Gasteiger partial charge is 0.462 e. The molecule has 0 aliphatic rings. The smallest absolute Gasteiger partial charge is 0.306 e. The van der Waals surface area contributed by atoms with Crippen LogP contribution in [0.15, 0.2) is 122 Å². The zero-order valence-electron chi connectivity index (χ0n) is 41.2. The van der Waals surface area contributed by atoms with Crippen molar-refractivity contribution in [2.24, 2.45) is 0 Å². The summed E-state index contributed by atoms with van der Waals surface area (Å²) >= 11 is 0. The summed E-state index contributed by atoms with van der Waals surface area (Å²) in [6, 6.07) is 0. The van der Waals surface area contributed by atoms with E-state index in [-0.39, 0.29) is 25.2 Å². The van der Waals surface area contributed by atoms with Gasteiger partial charge in [0.05, 0.1) is 6.61 Å². The van der Waals surface area contributed by atoms with E-state index < -0.39 is 6.10 Å². The van der Waals surface area contributed by atoms with E-state index in [2.05, 4.69) is 135 Å².